The van der Waals surface area contributed by atoms with Gasteiger partial charge in [0.2, 0.25) is 0 Å². The highest BCUT2D eigenvalue weighted by Crippen LogP contribution is 2.39. The number of hydrogen-bond donors (Lipinski definition) is 1. The van der Waals surface area contributed by atoms with Crippen LogP contribution < -0.4 is 0 Å². The minimum Gasteiger partial charge on any atom is -0.453 e. The molecule has 0 saturated carbocycles. The van der Waals surface area contributed by atoms with Gasteiger partial charge in [0.1, 0.15) is 11.4 Å². The summed E-state index contributed by atoms with van der Waals surface area (Å²) in [4.78, 5) is 3.35. The van der Waals surface area contributed by atoms with Crippen LogP contribution in [0.1, 0.15) is 18.1 Å². The Hall–Kier alpha value is -2.52. The third-order valence-corrected chi connectivity index (χ3v) is 4.82. The van der Waals surface area contributed by atoms with E-state index < -0.39 is 0 Å². The van der Waals surface area contributed by atoms with Gasteiger partial charge in [0.15, 0.2) is 5.76 Å². The standard InChI is InChI=1S/C21H17ClFNO/c1-3-13-10-15(23)11-16-19(22)21(25-20(13)16)18-9-8-17(24-18)14-6-4-12(2)5-7-14/h4-11,24H,3H2,1-2H3. The van der Waals surface area contributed by atoms with Crippen LogP contribution >= 0.6 is 11.6 Å². The van der Waals surface area contributed by atoms with E-state index in [1.807, 2.05) is 19.1 Å². The smallest absolute Gasteiger partial charge is 0.170 e. The zero-order valence-corrected chi connectivity index (χ0v) is 14.7. The molecule has 0 saturated heterocycles. The van der Waals surface area contributed by atoms with Gasteiger partial charge in [-0.2, -0.15) is 0 Å². The molecule has 126 valence electrons. The fourth-order valence-electron chi connectivity index (χ4n) is 3.07. The van der Waals surface area contributed by atoms with Gasteiger partial charge in [-0.05, 0) is 48.7 Å². The lowest BCUT2D eigenvalue weighted by atomic mass is 10.1. The van der Waals surface area contributed by atoms with E-state index in [2.05, 4.69) is 36.2 Å². The Morgan fingerprint density at radius 1 is 1.04 bits per heavy atom. The Kier molecular flexibility index (Phi) is 3.89. The molecular formula is C21H17ClFNO. The molecule has 25 heavy (non-hydrogen) atoms. The van der Waals surface area contributed by atoms with E-state index in [9.17, 15) is 4.39 Å². The highest BCUT2D eigenvalue weighted by Gasteiger charge is 2.19. The first-order chi connectivity index (χ1) is 12.1. The largest absolute Gasteiger partial charge is 0.453 e. The molecule has 2 heterocycles. The van der Waals surface area contributed by atoms with Gasteiger partial charge in [-0.15, -0.1) is 0 Å². The molecule has 0 atom stereocenters. The maximum absolute atomic E-state index is 13.8. The zero-order valence-electron chi connectivity index (χ0n) is 14.0. The molecular weight excluding hydrogens is 337 g/mol. The summed E-state index contributed by atoms with van der Waals surface area (Å²) < 4.78 is 19.8. The number of halogens is 2. The van der Waals surface area contributed by atoms with Gasteiger partial charge in [0.25, 0.3) is 0 Å². The van der Waals surface area contributed by atoms with E-state index >= 15 is 0 Å². The first-order valence-electron chi connectivity index (χ1n) is 8.23. The third-order valence-electron chi connectivity index (χ3n) is 4.44. The molecule has 0 bridgehead atoms. The van der Waals surface area contributed by atoms with E-state index in [1.165, 1.54) is 17.7 Å². The van der Waals surface area contributed by atoms with Crippen molar-refractivity contribution < 1.29 is 8.81 Å². The summed E-state index contributed by atoms with van der Waals surface area (Å²) in [5.74, 6) is 0.237. The van der Waals surface area contributed by atoms with Crippen LogP contribution in [0, 0.1) is 12.7 Å². The van der Waals surface area contributed by atoms with Crippen molar-refractivity contribution in [2.75, 3.05) is 0 Å². The summed E-state index contributed by atoms with van der Waals surface area (Å²) in [5.41, 5.74) is 5.52. The molecule has 0 fully saturated rings. The third kappa shape index (κ3) is 2.75. The zero-order chi connectivity index (χ0) is 17.6. The van der Waals surface area contributed by atoms with Crippen LogP contribution in [0.15, 0.2) is 52.9 Å². The summed E-state index contributed by atoms with van der Waals surface area (Å²) in [6, 6.07) is 15.1. The number of furan rings is 1. The average Bonchev–Trinajstić information content (AvgIpc) is 3.20. The molecule has 4 aromatic rings. The second-order valence-corrected chi connectivity index (χ2v) is 6.57. The molecule has 0 amide bonds. The number of aryl methyl sites for hydroxylation is 2. The van der Waals surface area contributed by atoms with Crippen molar-refractivity contribution in [3.05, 3.63) is 70.5 Å². The number of fused-ring (bicyclic) bond motifs is 1. The Bertz CT molecular complexity index is 1060. The maximum atomic E-state index is 13.8. The predicted molar refractivity (Wildman–Crippen MR) is 101 cm³/mol. The van der Waals surface area contributed by atoms with Crippen molar-refractivity contribution in [3.8, 4) is 22.7 Å². The van der Waals surface area contributed by atoms with Crippen molar-refractivity contribution in [2.45, 2.75) is 20.3 Å². The van der Waals surface area contributed by atoms with Crippen molar-refractivity contribution in [1.82, 2.24) is 4.98 Å². The quantitative estimate of drug-likeness (QED) is 0.433. The van der Waals surface area contributed by atoms with Crippen LogP contribution in [0.25, 0.3) is 33.7 Å². The highest BCUT2D eigenvalue weighted by atomic mass is 35.5. The molecule has 0 aliphatic rings. The molecule has 0 spiro atoms. The fourth-order valence-corrected chi connectivity index (χ4v) is 3.35. The topological polar surface area (TPSA) is 28.9 Å². The number of hydrogen-bond acceptors (Lipinski definition) is 1. The van der Waals surface area contributed by atoms with Gasteiger partial charge >= 0.3 is 0 Å². The maximum Gasteiger partial charge on any atom is 0.170 e. The second-order valence-electron chi connectivity index (χ2n) is 6.19. The minimum absolute atomic E-state index is 0.301. The average molecular weight is 354 g/mol. The lowest BCUT2D eigenvalue weighted by Gasteiger charge is -1.99. The number of nitrogens with one attached hydrogen (secondary N) is 1. The Morgan fingerprint density at radius 2 is 1.76 bits per heavy atom. The first kappa shape index (κ1) is 16.0. The molecule has 2 nitrogen and oxygen atoms in total. The van der Waals surface area contributed by atoms with Crippen molar-refractivity contribution >= 4 is 22.6 Å². The summed E-state index contributed by atoms with van der Waals surface area (Å²) >= 11 is 6.49. The van der Waals surface area contributed by atoms with Gasteiger partial charge < -0.3 is 9.40 Å². The summed E-state index contributed by atoms with van der Waals surface area (Å²) in [5, 5.41) is 1.04. The van der Waals surface area contributed by atoms with Crippen LogP contribution in [-0.2, 0) is 6.42 Å². The van der Waals surface area contributed by atoms with Crippen LogP contribution in [0.2, 0.25) is 5.02 Å². The molecule has 2 aromatic heterocycles. The van der Waals surface area contributed by atoms with E-state index in [4.69, 9.17) is 16.0 Å². The van der Waals surface area contributed by atoms with Gasteiger partial charge in [-0.1, -0.05) is 48.4 Å². The molecule has 2 aromatic carbocycles. The van der Waals surface area contributed by atoms with E-state index in [-0.39, 0.29) is 5.82 Å². The summed E-state index contributed by atoms with van der Waals surface area (Å²) in [7, 11) is 0. The number of rotatable bonds is 3. The van der Waals surface area contributed by atoms with E-state index in [0.29, 0.717) is 28.2 Å². The Balaban J connectivity index is 1.83. The van der Waals surface area contributed by atoms with Crippen LogP contribution in [-0.4, -0.2) is 4.98 Å². The summed E-state index contributed by atoms with van der Waals surface area (Å²) in [6.07, 6.45) is 0.677. The molecule has 4 rings (SSSR count). The van der Waals surface area contributed by atoms with E-state index in [1.54, 1.807) is 0 Å². The van der Waals surface area contributed by atoms with Gasteiger partial charge in [0, 0.05) is 11.1 Å². The number of aromatic nitrogens is 1. The van der Waals surface area contributed by atoms with Crippen molar-refractivity contribution in [1.29, 1.82) is 0 Å². The van der Waals surface area contributed by atoms with Gasteiger partial charge in [0.05, 0.1) is 10.7 Å². The predicted octanol–water partition coefficient (Wildman–Crippen LogP) is 6.76. The van der Waals surface area contributed by atoms with Gasteiger partial charge in [-0.25, -0.2) is 4.39 Å². The SMILES string of the molecule is CCc1cc(F)cc2c(Cl)c(-c3ccc(-c4ccc(C)cc4)[nH]3)oc12. The van der Waals surface area contributed by atoms with Gasteiger partial charge in [-0.3, -0.25) is 0 Å². The molecule has 0 radical (unpaired) electrons. The second kappa shape index (κ2) is 6.08. The molecule has 0 aliphatic heterocycles. The Labute approximate surface area is 150 Å². The molecule has 4 heteroatoms. The van der Waals surface area contributed by atoms with Crippen LogP contribution in [0.5, 0.6) is 0 Å². The monoisotopic (exact) mass is 353 g/mol. The molecule has 0 unspecified atom stereocenters. The first-order valence-corrected chi connectivity index (χ1v) is 8.61. The highest BCUT2D eigenvalue weighted by molar-refractivity contribution is 6.38. The Morgan fingerprint density at radius 3 is 2.48 bits per heavy atom. The lowest BCUT2D eigenvalue weighted by molar-refractivity contribution is 0.612. The lowest BCUT2D eigenvalue weighted by Crippen LogP contribution is -1.83. The number of benzene rings is 2. The van der Waals surface area contributed by atoms with Crippen molar-refractivity contribution in [2.24, 2.45) is 0 Å². The summed E-state index contributed by atoms with van der Waals surface area (Å²) in [6.45, 7) is 4.02. The molecule has 0 aliphatic carbocycles. The van der Waals surface area contributed by atoms with Crippen molar-refractivity contribution in [3.63, 3.8) is 0 Å². The van der Waals surface area contributed by atoms with E-state index in [0.717, 1.165) is 22.5 Å². The fraction of sp³-hybridized carbons (Fsp3) is 0.143. The van der Waals surface area contributed by atoms with Crippen LogP contribution in [0.4, 0.5) is 4.39 Å². The van der Waals surface area contributed by atoms with Crippen LogP contribution in [0.3, 0.4) is 0 Å². The number of H-pyrrole nitrogens is 1. The molecule has 1 N–H and O–H groups in total. The number of aromatic amines is 1. The normalized spacial score (nSPS) is 11.4. The minimum atomic E-state index is -0.301.